The third-order valence-electron chi connectivity index (χ3n) is 6.66. The molecule has 4 heteroatoms. The minimum absolute atomic E-state index is 0.0200. The van der Waals surface area contributed by atoms with Crippen LogP contribution in [0, 0.1) is 0 Å². The lowest BCUT2D eigenvalue weighted by molar-refractivity contribution is 0.238. The summed E-state index contributed by atoms with van der Waals surface area (Å²) in [6, 6.07) is 23.3. The van der Waals surface area contributed by atoms with Crippen molar-refractivity contribution in [3.8, 4) is 23.0 Å². The van der Waals surface area contributed by atoms with E-state index in [4.69, 9.17) is 4.74 Å². The van der Waals surface area contributed by atoms with Crippen LogP contribution in [0.15, 0.2) is 72.8 Å². The molecule has 0 saturated heterocycles. The Balaban J connectivity index is 1.72. The van der Waals surface area contributed by atoms with E-state index in [-0.39, 0.29) is 23.4 Å². The van der Waals surface area contributed by atoms with E-state index in [1.165, 1.54) is 0 Å². The molecule has 0 aliphatic heterocycles. The zero-order valence-corrected chi connectivity index (χ0v) is 20.1. The molecule has 178 valence electrons. The van der Waals surface area contributed by atoms with Gasteiger partial charge in [-0.15, -0.1) is 0 Å². The highest BCUT2D eigenvalue weighted by atomic mass is 16.5. The van der Waals surface area contributed by atoms with E-state index in [9.17, 15) is 15.3 Å². The SMILES string of the molecule is CC(C)Oc1c2cccc1Cc1cccc(c1O)Cc1cccc(c1O)Cc1cccc(c1O)C2. The van der Waals surface area contributed by atoms with Crippen LogP contribution in [0.2, 0.25) is 0 Å². The van der Waals surface area contributed by atoms with Gasteiger partial charge in [0, 0.05) is 25.7 Å². The van der Waals surface area contributed by atoms with E-state index in [1.54, 1.807) is 0 Å². The predicted molar refractivity (Wildman–Crippen MR) is 138 cm³/mol. The molecule has 4 nitrogen and oxygen atoms in total. The minimum Gasteiger partial charge on any atom is -0.507 e. The molecule has 8 bridgehead atoms. The summed E-state index contributed by atoms with van der Waals surface area (Å²) in [5.74, 6) is 1.49. The smallest absolute Gasteiger partial charge is 0.126 e. The fourth-order valence-corrected chi connectivity index (χ4v) is 4.91. The lowest BCUT2D eigenvalue weighted by Crippen LogP contribution is -2.10. The number of benzene rings is 4. The summed E-state index contributed by atoms with van der Waals surface area (Å²) in [6.45, 7) is 4.01. The standard InChI is InChI=1S/C31H30O4/c1-19(2)35-31-26-13-6-14-27(31)18-25-12-5-10-23(30(25)34)16-21-8-3-7-20(28(21)32)15-22-9-4-11-24(17-26)29(22)33/h3-14,19,32-34H,15-18H2,1-2H3. The molecule has 3 N–H and O–H groups in total. The second kappa shape index (κ2) is 9.38. The summed E-state index contributed by atoms with van der Waals surface area (Å²) >= 11 is 0. The van der Waals surface area contributed by atoms with Crippen molar-refractivity contribution in [3.05, 3.63) is 117 Å². The zero-order chi connectivity index (χ0) is 24.5. The average Bonchev–Trinajstić information content (AvgIpc) is 2.82. The molecule has 0 saturated carbocycles. The van der Waals surface area contributed by atoms with Crippen LogP contribution in [0.1, 0.15) is 58.4 Å². The first kappa shape index (κ1) is 22.9. The third kappa shape index (κ3) is 4.57. The first-order valence-electron chi connectivity index (χ1n) is 12.1. The maximum Gasteiger partial charge on any atom is 0.126 e. The summed E-state index contributed by atoms with van der Waals surface area (Å²) in [7, 11) is 0. The van der Waals surface area contributed by atoms with Gasteiger partial charge in [0.15, 0.2) is 0 Å². The summed E-state index contributed by atoms with van der Waals surface area (Å²) in [6.07, 6.45) is 1.80. The molecule has 5 rings (SSSR count). The summed E-state index contributed by atoms with van der Waals surface area (Å²) < 4.78 is 6.30. The van der Waals surface area contributed by atoms with Crippen molar-refractivity contribution in [1.29, 1.82) is 0 Å². The fourth-order valence-electron chi connectivity index (χ4n) is 4.91. The molecule has 0 radical (unpaired) electrons. The van der Waals surface area contributed by atoms with Crippen LogP contribution >= 0.6 is 0 Å². The number of phenolic OH excluding ortho intramolecular Hbond substituents is 3. The van der Waals surface area contributed by atoms with E-state index in [2.05, 4.69) is 0 Å². The van der Waals surface area contributed by atoms with Crippen molar-refractivity contribution < 1.29 is 20.1 Å². The number of rotatable bonds is 2. The molecule has 0 heterocycles. The predicted octanol–water partition coefficient (Wildman–Crippen LogP) is 6.27. The number of hydrogen-bond donors (Lipinski definition) is 3. The lowest BCUT2D eigenvalue weighted by Gasteiger charge is -2.20. The largest absolute Gasteiger partial charge is 0.507 e. The van der Waals surface area contributed by atoms with Gasteiger partial charge in [-0.2, -0.15) is 0 Å². The Kier molecular flexibility index (Phi) is 6.12. The van der Waals surface area contributed by atoms with Gasteiger partial charge in [-0.05, 0) is 58.4 Å². The van der Waals surface area contributed by atoms with Gasteiger partial charge >= 0.3 is 0 Å². The minimum atomic E-state index is -0.0200. The number of phenols is 3. The number of para-hydroxylation sites is 4. The van der Waals surface area contributed by atoms with Crippen molar-refractivity contribution in [2.75, 3.05) is 0 Å². The van der Waals surface area contributed by atoms with Crippen molar-refractivity contribution in [2.45, 2.75) is 45.6 Å². The average molecular weight is 467 g/mol. The van der Waals surface area contributed by atoms with Crippen molar-refractivity contribution in [2.24, 2.45) is 0 Å². The molecule has 1 aliphatic carbocycles. The molecule has 0 amide bonds. The second-order valence-corrected chi connectivity index (χ2v) is 9.55. The Morgan fingerprint density at radius 1 is 0.486 bits per heavy atom. The highest BCUT2D eigenvalue weighted by Crippen LogP contribution is 2.37. The van der Waals surface area contributed by atoms with Crippen LogP contribution in [-0.4, -0.2) is 21.4 Å². The van der Waals surface area contributed by atoms with Crippen LogP contribution < -0.4 is 4.74 Å². The molecular formula is C31H30O4. The van der Waals surface area contributed by atoms with E-state index < -0.39 is 0 Å². The lowest BCUT2D eigenvalue weighted by atomic mass is 9.91. The highest BCUT2D eigenvalue weighted by molar-refractivity contribution is 5.55. The zero-order valence-electron chi connectivity index (χ0n) is 20.1. The van der Waals surface area contributed by atoms with Gasteiger partial charge in [-0.1, -0.05) is 72.8 Å². The maximum absolute atomic E-state index is 11.2. The molecule has 35 heavy (non-hydrogen) atoms. The van der Waals surface area contributed by atoms with Crippen molar-refractivity contribution in [3.63, 3.8) is 0 Å². The van der Waals surface area contributed by atoms with Crippen LogP contribution in [0.25, 0.3) is 0 Å². The molecule has 0 spiro atoms. The van der Waals surface area contributed by atoms with E-state index in [0.717, 1.165) is 50.3 Å². The Morgan fingerprint density at radius 3 is 1.03 bits per heavy atom. The molecule has 0 atom stereocenters. The molecule has 0 unspecified atom stereocenters. The van der Waals surface area contributed by atoms with Gasteiger partial charge in [-0.3, -0.25) is 0 Å². The Labute approximate surface area is 206 Å². The number of hydrogen-bond acceptors (Lipinski definition) is 4. The van der Waals surface area contributed by atoms with E-state index in [0.29, 0.717) is 25.7 Å². The molecular weight excluding hydrogens is 436 g/mol. The first-order valence-corrected chi connectivity index (χ1v) is 12.1. The third-order valence-corrected chi connectivity index (χ3v) is 6.66. The highest BCUT2D eigenvalue weighted by Gasteiger charge is 2.19. The van der Waals surface area contributed by atoms with Gasteiger partial charge < -0.3 is 20.1 Å². The van der Waals surface area contributed by atoms with Crippen LogP contribution in [0.3, 0.4) is 0 Å². The Bertz CT molecular complexity index is 1290. The van der Waals surface area contributed by atoms with Gasteiger partial charge in [-0.25, -0.2) is 0 Å². The molecule has 4 aromatic rings. The summed E-state index contributed by atoms with van der Waals surface area (Å²) in [4.78, 5) is 0. The Morgan fingerprint density at radius 2 is 0.743 bits per heavy atom. The summed E-state index contributed by atoms with van der Waals surface area (Å²) in [5, 5.41) is 33.4. The Hall–Kier alpha value is -3.92. The van der Waals surface area contributed by atoms with Crippen LogP contribution in [0.5, 0.6) is 23.0 Å². The normalized spacial score (nSPS) is 13.0. The number of fused-ring (bicyclic) bond motifs is 8. The van der Waals surface area contributed by atoms with Gasteiger partial charge in [0.25, 0.3) is 0 Å². The van der Waals surface area contributed by atoms with Gasteiger partial charge in [0.2, 0.25) is 0 Å². The number of ether oxygens (including phenoxy) is 1. The molecule has 0 aromatic heterocycles. The molecule has 1 aliphatic rings. The number of aromatic hydroxyl groups is 3. The summed E-state index contributed by atoms with van der Waals surface area (Å²) in [5.41, 5.74) is 6.57. The second-order valence-electron chi connectivity index (χ2n) is 9.55. The fraction of sp³-hybridized carbons (Fsp3) is 0.226. The molecule has 0 fully saturated rings. The maximum atomic E-state index is 11.2. The van der Waals surface area contributed by atoms with Gasteiger partial charge in [0.05, 0.1) is 6.10 Å². The van der Waals surface area contributed by atoms with Gasteiger partial charge in [0.1, 0.15) is 23.0 Å². The van der Waals surface area contributed by atoms with E-state index >= 15 is 0 Å². The quantitative estimate of drug-likeness (QED) is 0.287. The van der Waals surface area contributed by atoms with Crippen molar-refractivity contribution in [1.82, 2.24) is 0 Å². The monoisotopic (exact) mass is 466 g/mol. The van der Waals surface area contributed by atoms with Crippen LogP contribution in [0.4, 0.5) is 0 Å². The topological polar surface area (TPSA) is 69.9 Å². The van der Waals surface area contributed by atoms with Crippen LogP contribution in [-0.2, 0) is 25.7 Å². The first-order chi connectivity index (χ1) is 16.9. The van der Waals surface area contributed by atoms with Crippen molar-refractivity contribution >= 4 is 0 Å². The molecule has 4 aromatic carbocycles. The van der Waals surface area contributed by atoms with E-state index in [1.807, 2.05) is 86.6 Å².